The van der Waals surface area contributed by atoms with E-state index in [2.05, 4.69) is 18.6 Å². The molecule has 0 unspecified atom stereocenters. The molecule has 3 aromatic carbocycles. The van der Waals surface area contributed by atoms with E-state index >= 15 is 0 Å². The van der Waals surface area contributed by atoms with Crippen molar-refractivity contribution in [2.24, 2.45) is 5.92 Å². The lowest BCUT2D eigenvalue weighted by Gasteiger charge is -2.28. The molecule has 39 heavy (non-hydrogen) atoms. The summed E-state index contributed by atoms with van der Waals surface area (Å²) < 4.78 is 72.7. The molecule has 11 heteroatoms. The van der Waals surface area contributed by atoms with Gasteiger partial charge in [0.1, 0.15) is 17.2 Å². The fraction of sp³-hybridized carbons (Fsp3) is 0.321. The first kappa shape index (κ1) is 30.0. The van der Waals surface area contributed by atoms with Crippen molar-refractivity contribution >= 4 is 16.2 Å². The van der Waals surface area contributed by atoms with Crippen LogP contribution in [0.2, 0.25) is 0 Å². The van der Waals surface area contributed by atoms with E-state index in [4.69, 9.17) is 4.74 Å². The highest BCUT2D eigenvalue weighted by Gasteiger charge is 2.32. The highest BCUT2D eigenvalue weighted by atomic mass is 32.2. The summed E-state index contributed by atoms with van der Waals surface area (Å²) in [5, 5.41) is 10.6. The van der Waals surface area contributed by atoms with Crippen LogP contribution in [0, 0.1) is 5.92 Å². The predicted octanol–water partition coefficient (Wildman–Crippen LogP) is 6.37. The molecule has 0 heterocycles. The summed E-state index contributed by atoms with van der Waals surface area (Å²) in [4.78, 5) is 11.3. The molecule has 1 N–H and O–H groups in total. The molecule has 210 valence electrons. The van der Waals surface area contributed by atoms with Crippen molar-refractivity contribution in [3.05, 3.63) is 83.9 Å². The van der Waals surface area contributed by atoms with Crippen molar-refractivity contribution in [3.8, 4) is 17.2 Å². The van der Waals surface area contributed by atoms with E-state index in [1.165, 1.54) is 36.4 Å². The van der Waals surface area contributed by atoms with E-state index < -0.39 is 39.7 Å². The van der Waals surface area contributed by atoms with Crippen LogP contribution in [-0.4, -0.2) is 43.3 Å². The van der Waals surface area contributed by atoms with Gasteiger partial charge >= 0.3 is 6.36 Å². The molecule has 0 aliphatic carbocycles. The zero-order chi connectivity index (χ0) is 28.8. The standard InChI is InChI=1S/C28H30F3NO6S/c1-19(2)16-21-4-6-22(7-5-21)20(3)27(32(34)18-33)17-39(35,36)26-14-12-24(13-15-26)37-23-8-10-25(11-9-23)38-28(29,30)31/h4-15,18-20,27,34H,16-17H2,1-3H3/t20-,27+/m0/s1. The molecule has 0 radical (unpaired) electrons. The van der Waals surface area contributed by atoms with Crippen LogP contribution in [0.5, 0.6) is 17.2 Å². The van der Waals surface area contributed by atoms with E-state index in [0.29, 0.717) is 11.0 Å². The second-order valence-electron chi connectivity index (χ2n) is 9.56. The maximum absolute atomic E-state index is 13.2. The maximum Gasteiger partial charge on any atom is 0.573 e. The molecular weight excluding hydrogens is 535 g/mol. The number of benzene rings is 3. The number of rotatable bonds is 12. The first-order valence-corrected chi connectivity index (χ1v) is 13.8. The number of hydroxylamine groups is 2. The van der Waals surface area contributed by atoms with E-state index in [9.17, 15) is 31.6 Å². The Morgan fingerprint density at radius 2 is 1.38 bits per heavy atom. The second-order valence-corrected chi connectivity index (χ2v) is 11.6. The van der Waals surface area contributed by atoms with Gasteiger partial charge in [-0.25, -0.2) is 13.5 Å². The van der Waals surface area contributed by atoms with Gasteiger partial charge in [0.2, 0.25) is 6.41 Å². The Labute approximate surface area is 225 Å². The summed E-state index contributed by atoms with van der Waals surface area (Å²) in [5.74, 6) is -0.478. The van der Waals surface area contributed by atoms with Gasteiger partial charge in [-0.1, -0.05) is 45.0 Å². The van der Waals surface area contributed by atoms with Crippen LogP contribution in [0.4, 0.5) is 13.2 Å². The lowest BCUT2D eigenvalue weighted by Crippen LogP contribution is -2.41. The zero-order valence-corrected chi connectivity index (χ0v) is 22.4. The normalized spacial score (nSPS) is 13.5. The molecule has 0 aromatic heterocycles. The number of ether oxygens (including phenoxy) is 2. The van der Waals surface area contributed by atoms with Crippen LogP contribution in [-0.2, 0) is 21.1 Å². The fourth-order valence-corrected chi connectivity index (χ4v) is 5.69. The van der Waals surface area contributed by atoms with E-state index in [1.54, 1.807) is 6.92 Å². The molecule has 0 fully saturated rings. The minimum Gasteiger partial charge on any atom is -0.457 e. The van der Waals surface area contributed by atoms with Crippen molar-refractivity contribution in [3.63, 3.8) is 0 Å². The smallest absolute Gasteiger partial charge is 0.457 e. The average molecular weight is 566 g/mol. The molecule has 0 aliphatic rings. The van der Waals surface area contributed by atoms with E-state index in [0.717, 1.165) is 29.7 Å². The quantitative estimate of drug-likeness (QED) is 0.156. The largest absolute Gasteiger partial charge is 0.573 e. The van der Waals surface area contributed by atoms with Gasteiger partial charge in [0.25, 0.3) is 0 Å². The number of carbonyl (C=O) groups excluding carboxylic acids is 1. The monoisotopic (exact) mass is 565 g/mol. The van der Waals surface area contributed by atoms with Crippen LogP contribution in [0.25, 0.3) is 0 Å². The Kier molecular flexibility index (Phi) is 9.63. The number of hydrogen-bond acceptors (Lipinski definition) is 6. The zero-order valence-electron chi connectivity index (χ0n) is 21.6. The van der Waals surface area contributed by atoms with Crippen LogP contribution in [0.1, 0.15) is 37.8 Å². The number of nitrogens with zero attached hydrogens (tertiary/aromatic N) is 1. The number of hydrogen-bond donors (Lipinski definition) is 1. The van der Waals surface area contributed by atoms with Crippen molar-refractivity contribution < 1.29 is 41.1 Å². The van der Waals surface area contributed by atoms with Crippen LogP contribution >= 0.6 is 0 Å². The first-order valence-electron chi connectivity index (χ1n) is 12.1. The third-order valence-electron chi connectivity index (χ3n) is 6.04. The SMILES string of the molecule is CC(C)Cc1ccc([C@H](C)[C@@H](CS(=O)(=O)c2ccc(Oc3ccc(OC(F)(F)F)cc3)cc2)N(O)C=O)cc1. The third-order valence-corrected chi connectivity index (χ3v) is 7.81. The summed E-state index contributed by atoms with van der Waals surface area (Å²) >= 11 is 0. The summed E-state index contributed by atoms with van der Waals surface area (Å²) in [7, 11) is -3.94. The van der Waals surface area contributed by atoms with Gasteiger partial charge in [0, 0.05) is 5.92 Å². The topological polar surface area (TPSA) is 93.1 Å². The van der Waals surface area contributed by atoms with Crippen molar-refractivity contribution in [2.75, 3.05) is 5.75 Å². The van der Waals surface area contributed by atoms with Gasteiger partial charge in [-0.2, -0.15) is 0 Å². The van der Waals surface area contributed by atoms with Crippen molar-refractivity contribution in [2.45, 2.75) is 50.4 Å². The fourth-order valence-electron chi connectivity index (χ4n) is 4.06. The van der Waals surface area contributed by atoms with Gasteiger partial charge in [0.15, 0.2) is 9.84 Å². The number of carbonyl (C=O) groups is 1. The van der Waals surface area contributed by atoms with Crippen LogP contribution < -0.4 is 9.47 Å². The molecule has 1 amide bonds. The highest BCUT2D eigenvalue weighted by Crippen LogP contribution is 2.30. The Morgan fingerprint density at radius 3 is 1.87 bits per heavy atom. The number of amides is 1. The molecule has 7 nitrogen and oxygen atoms in total. The molecule has 0 saturated carbocycles. The highest BCUT2D eigenvalue weighted by molar-refractivity contribution is 7.91. The number of halogens is 3. The molecule has 0 aliphatic heterocycles. The summed E-state index contributed by atoms with van der Waals surface area (Å²) in [6, 6.07) is 16.8. The van der Waals surface area contributed by atoms with Crippen molar-refractivity contribution in [1.29, 1.82) is 0 Å². The average Bonchev–Trinajstić information content (AvgIpc) is 2.87. The number of sulfone groups is 1. The van der Waals surface area contributed by atoms with Gasteiger partial charge in [-0.3, -0.25) is 10.0 Å². The minimum absolute atomic E-state index is 0.0486. The lowest BCUT2D eigenvalue weighted by molar-refractivity contribution is -0.274. The Balaban J connectivity index is 1.72. The maximum atomic E-state index is 13.2. The molecule has 3 aromatic rings. The first-order chi connectivity index (χ1) is 18.3. The molecule has 2 atom stereocenters. The number of alkyl halides is 3. The van der Waals surface area contributed by atoms with Gasteiger partial charge in [-0.15, -0.1) is 13.2 Å². The summed E-state index contributed by atoms with van der Waals surface area (Å²) in [6.45, 7) is 5.96. The molecule has 0 saturated heterocycles. The van der Waals surface area contributed by atoms with Gasteiger partial charge in [-0.05, 0) is 72.0 Å². The predicted molar refractivity (Wildman–Crippen MR) is 139 cm³/mol. The third kappa shape index (κ3) is 8.72. The summed E-state index contributed by atoms with van der Waals surface area (Å²) in [6.07, 6.45) is -3.73. The van der Waals surface area contributed by atoms with Gasteiger partial charge < -0.3 is 9.47 Å². The van der Waals surface area contributed by atoms with E-state index in [1.807, 2.05) is 24.3 Å². The molecular formula is C28H30F3NO6S. The summed E-state index contributed by atoms with van der Waals surface area (Å²) in [5.41, 5.74) is 1.91. The second kappa shape index (κ2) is 12.5. The molecule has 0 bridgehead atoms. The lowest BCUT2D eigenvalue weighted by atomic mass is 9.92. The Morgan fingerprint density at radius 1 is 0.872 bits per heavy atom. The molecule has 3 rings (SSSR count). The van der Waals surface area contributed by atoms with Gasteiger partial charge in [0.05, 0.1) is 16.7 Å². The van der Waals surface area contributed by atoms with E-state index in [-0.39, 0.29) is 22.8 Å². The van der Waals surface area contributed by atoms with Crippen LogP contribution in [0.3, 0.4) is 0 Å². The Hall–Kier alpha value is -3.57. The molecule has 0 spiro atoms. The Bertz CT molecular complexity index is 1330. The van der Waals surface area contributed by atoms with Crippen molar-refractivity contribution in [1.82, 2.24) is 5.06 Å². The minimum atomic E-state index is -4.81. The van der Waals surface area contributed by atoms with Crippen LogP contribution in [0.15, 0.2) is 77.7 Å².